The lowest BCUT2D eigenvalue weighted by Gasteiger charge is -2.09. The van der Waals surface area contributed by atoms with Crippen LogP contribution in [0.15, 0.2) is 78.9 Å². The van der Waals surface area contributed by atoms with Crippen LogP contribution in [0.1, 0.15) is 16.7 Å². The summed E-state index contributed by atoms with van der Waals surface area (Å²) in [6.45, 7) is 0.558. The van der Waals surface area contributed by atoms with Gasteiger partial charge in [-0.05, 0) is 29.3 Å². The molecule has 0 N–H and O–H groups in total. The third-order valence-electron chi connectivity index (χ3n) is 3.46. The van der Waals surface area contributed by atoms with Crippen LogP contribution in [0.4, 0.5) is 0 Å². The van der Waals surface area contributed by atoms with E-state index in [0.29, 0.717) is 6.61 Å². The van der Waals surface area contributed by atoms with E-state index in [0.717, 1.165) is 27.5 Å². The van der Waals surface area contributed by atoms with E-state index in [9.17, 15) is 0 Å². The molecule has 0 radical (unpaired) electrons. The maximum absolute atomic E-state index is 6.02. The minimum Gasteiger partial charge on any atom is -0.488 e. The summed E-state index contributed by atoms with van der Waals surface area (Å²) in [5, 5.41) is 0.737. The van der Waals surface area contributed by atoms with Gasteiger partial charge in [-0.25, -0.2) is 0 Å². The molecule has 0 amide bonds. The number of ether oxygens (including phenoxy) is 1. The van der Waals surface area contributed by atoms with Gasteiger partial charge in [0.05, 0.1) is 0 Å². The Labute approximate surface area is 141 Å². The van der Waals surface area contributed by atoms with Crippen LogP contribution in [0, 0.1) is 0 Å². The number of benzene rings is 3. The number of para-hydroxylation sites is 1. The van der Waals surface area contributed by atoms with Gasteiger partial charge >= 0.3 is 0 Å². The van der Waals surface area contributed by atoms with E-state index in [1.807, 2.05) is 78.9 Å². The summed E-state index contributed by atoms with van der Waals surface area (Å²) in [5.74, 6) is 0.870. The summed E-state index contributed by atoms with van der Waals surface area (Å²) in [6, 6.07) is 26.0. The molecule has 0 bridgehead atoms. The maximum atomic E-state index is 6.02. The van der Waals surface area contributed by atoms with Crippen molar-refractivity contribution in [3.8, 4) is 5.75 Å². The summed E-state index contributed by atoms with van der Waals surface area (Å²) >= 11 is 6.02. The summed E-state index contributed by atoms with van der Waals surface area (Å²) in [6.07, 6.45) is 4.09. The number of hydrogen-bond acceptors (Lipinski definition) is 1. The zero-order valence-corrected chi connectivity index (χ0v) is 13.4. The maximum Gasteiger partial charge on any atom is 0.127 e. The van der Waals surface area contributed by atoms with Crippen molar-refractivity contribution < 1.29 is 4.74 Å². The van der Waals surface area contributed by atoms with Crippen LogP contribution >= 0.6 is 11.6 Å². The molecule has 0 atom stereocenters. The van der Waals surface area contributed by atoms with Crippen LogP contribution in [0.25, 0.3) is 12.2 Å². The molecule has 0 aromatic heterocycles. The highest BCUT2D eigenvalue weighted by Gasteiger charge is 2.00. The molecule has 23 heavy (non-hydrogen) atoms. The quantitative estimate of drug-likeness (QED) is 0.517. The van der Waals surface area contributed by atoms with Gasteiger partial charge in [-0.1, -0.05) is 84.4 Å². The molecule has 0 saturated carbocycles. The highest BCUT2D eigenvalue weighted by atomic mass is 35.5. The van der Waals surface area contributed by atoms with E-state index in [-0.39, 0.29) is 0 Å². The Morgan fingerprint density at radius 1 is 0.783 bits per heavy atom. The van der Waals surface area contributed by atoms with Crippen molar-refractivity contribution in [2.75, 3.05) is 0 Å². The van der Waals surface area contributed by atoms with E-state index in [1.54, 1.807) is 0 Å². The summed E-state index contributed by atoms with van der Waals surface area (Å²) in [5.41, 5.74) is 3.26. The van der Waals surface area contributed by atoms with Gasteiger partial charge in [0, 0.05) is 10.6 Å². The predicted molar refractivity (Wildman–Crippen MR) is 97.6 cm³/mol. The van der Waals surface area contributed by atoms with Crippen molar-refractivity contribution in [1.82, 2.24) is 0 Å². The molecule has 3 aromatic carbocycles. The molecule has 3 aromatic rings. The Kier molecular flexibility index (Phi) is 5.13. The van der Waals surface area contributed by atoms with Crippen molar-refractivity contribution in [3.05, 3.63) is 101 Å². The molecule has 0 unspecified atom stereocenters. The zero-order valence-electron chi connectivity index (χ0n) is 12.7. The molecule has 114 valence electrons. The van der Waals surface area contributed by atoms with E-state index in [1.165, 1.54) is 0 Å². The van der Waals surface area contributed by atoms with Crippen LogP contribution in [-0.2, 0) is 6.61 Å². The van der Waals surface area contributed by atoms with Gasteiger partial charge < -0.3 is 4.74 Å². The van der Waals surface area contributed by atoms with E-state index < -0.39 is 0 Å². The van der Waals surface area contributed by atoms with Crippen LogP contribution in [-0.4, -0.2) is 0 Å². The van der Waals surface area contributed by atoms with Gasteiger partial charge in [0.25, 0.3) is 0 Å². The first-order chi connectivity index (χ1) is 11.3. The van der Waals surface area contributed by atoms with Crippen molar-refractivity contribution in [3.63, 3.8) is 0 Å². The van der Waals surface area contributed by atoms with Crippen LogP contribution in [0.3, 0.4) is 0 Å². The Bertz CT molecular complexity index is 794. The third kappa shape index (κ3) is 4.48. The molecule has 0 aliphatic carbocycles. The first-order valence-corrected chi connectivity index (χ1v) is 7.88. The van der Waals surface area contributed by atoms with Crippen molar-refractivity contribution >= 4 is 23.8 Å². The summed E-state index contributed by atoms with van der Waals surface area (Å²) < 4.78 is 5.96. The minimum absolute atomic E-state index is 0.558. The fourth-order valence-corrected chi connectivity index (χ4v) is 2.48. The van der Waals surface area contributed by atoms with Crippen molar-refractivity contribution in [1.29, 1.82) is 0 Å². The Morgan fingerprint density at radius 2 is 1.57 bits per heavy atom. The molecule has 0 saturated heterocycles. The van der Waals surface area contributed by atoms with Crippen LogP contribution in [0.5, 0.6) is 5.75 Å². The monoisotopic (exact) mass is 320 g/mol. The molecule has 0 aliphatic rings. The van der Waals surface area contributed by atoms with Gasteiger partial charge in [0.15, 0.2) is 0 Å². The van der Waals surface area contributed by atoms with Gasteiger partial charge in [-0.3, -0.25) is 0 Å². The Balaban J connectivity index is 1.75. The standard InChI is InChI=1S/C21H17ClO/c22-20-11-6-9-17(15-20)13-14-19-10-4-5-12-21(19)23-16-18-7-2-1-3-8-18/h1-15H,16H2/b14-13+. The van der Waals surface area contributed by atoms with E-state index in [4.69, 9.17) is 16.3 Å². The SMILES string of the molecule is Clc1cccc(/C=C/c2ccccc2OCc2ccccc2)c1. The molecule has 0 aliphatic heterocycles. The second-order valence-corrected chi connectivity index (χ2v) is 5.64. The molecule has 0 fully saturated rings. The molecule has 3 rings (SSSR count). The second kappa shape index (κ2) is 7.66. The fraction of sp³-hybridized carbons (Fsp3) is 0.0476. The highest BCUT2D eigenvalue weighted by molar-refractivity contribution is 6.30. The molecule has 0 spiro atoms. The largest absolute Gasteiger partial charge is 0.488 e. The first-order valence-electron chi connectivity index (χ1n) is 7.51. The van der Waals surface area contributed by atoms with Gasteiger partial charge in [0.1, 0.15) is 12.4 Å². The summed E-state index contributed by atoms with van der Waals surface area (Å²) in [4.78, 5) is 0. The average molecular weight is 321 g/mol. The topological polar surface area (TPSA) is 9.23 Å². The van der Waals surface area contributed by atoms with E-state index in [2.05, 4.69) is 12.1 Å². The molecular weight excluding hydrogens is 304 g/mol. The third-order valence-corrected chi connectivity index (χ3v) is 3.70. The molecule has 0 heterocycles. The smallest absolute Gasteiger partial charge is 0.127 e. The fourth-order valence-electron chi connectivity index (χ4n) is 2.28. The number of hydrogen-bond donors (Lipinski definition) is 0. The molecular formula is C21H17ClO. The van der Waals surface area contributed by atoms with Crippen LogP contribution < -0.4 is 4.74 Å². The normalized spacial score (nSPS) is 10.8. The first kappa shape index (κ1) is 15.4. The number of rotatable bonds is 5. The zero-order chi connectivity index (χ0) is 15.9. The van der Waals surface area contributed by atoms with Crippen molar-refractivity contribution in [2.24, 2.45) is 0 Å². The number of halogens is 1. The Morgan fingerprint density at radius 3 is 2.39 bits per heavy atom. The highest BCUT2D eigenvalue weighted by Crippen LogP contribution is 2.22. The minimum atomic E-state index is 0.558. The molecule has 2 heteroatoms. The lowest BCUT2D eigenvalue weighted by molar-refractivity contribution is 0.305. The van der Waals surface area contributed by atoms with Gasteiger partial charge in [-0.2, -0.15) is 0 Å². The lowest BCUT2D eigenvalue weighted by Crippen LogP contribution is -1.96. The lowest BCUT2D eigenvalue weighted by atomic mass is 10.1. The van der Waals surface area contributed by atoms with Crippen LogP contribution in [0.2, 0.25) is 5.02 Å². The van der Waals surface area contributed by atoms with Gasteiger partial charge in [-0.15, -0.1) is 0 Å². The van der Waals surface area contributed by atoms with E-state index >= 15 is 0 Å². The predicted octanol–water partition coefficient (Wildman–Crippen LogP) is 6.09. The van der Waals surface area contributed by atoms with Gasteiger partial charge in [0.2, 0.25) is 0 Å². The second-order valence-electron chi connectivity index (χ2n) is 5.20. The summed E-state index contributed by atoms with van der Waals surface area (Å²) in [7, 11) is 0. The molecule has 1 nitrogen and oxygen atoms in total. The Hall–Kier alpha value is -2.51. The van der Waals surface area contributed by atoms with Crippen molar-refractivity contribution in [2.45, 2.75) is 6.61 Å². The average Bonchev–Trinajstić information content (AvgIpc) is 2.60.